The van der Waals surface area contributed by atoms with E-state index in [1.165, 1.54) is 4.52 Å². The van der Waals surface area contributed by atoms with Gasteiger partial charge in [-0.15, -0.1) is 0 Å². The highest BCUT2D eigenvalue weighted by molar-refractivity contribution is 6.30. The van der Waals surface area contributed by atoms with Gasteiger partial charge in [-0.25, -0.2) is 0 Å². The van der Waals surface area contributed by atoms with Crippen LogP contribution in [0.2, 0.25) is 5.02 Å². The van der Waals surface area contributed by atoms with Crippen LogP contribution in [0.1, 0.15) is 26.5 Å². The first-order valence-electron chi connectivity index (χ1n) is 8.67. The van der Waals surface area contributed by atoms with Crippen molar-refractivity contribution in [1.29, 1.82) is 0 Å². The fourth-order valence-electron chi connectivity index (χ4n) is 3.13. The van der Waals surface area contributed by atoms with Gasteiger partial charge in [0.15, 0.2) is 0 Å². The van der Waals surface area contributed by atoms with Crippen molar-refractivity contribution in [3.05, 3.63) is 75.9 Å². The van der Waals surface area contributed by atoms with Gasteiger partial charge >= 0.3 is 0 Å². The first-order valence-corrected chi connectivity index (χ1v) is 9.05. The molecule has 0 saturated heterocycles. The highest BCUT2D eigenvalue weighted by atomic mass is 35.5. The Morgan fingerprint density at radius 3 is 2.44 bits per heavy atom. The minimum atomic E-state index is -0.240. The number of nitrogens with zero attached hydrogens (tertiary/aromatic N) is 3. The Kier molecular flexibility index (Phi) is 4.12. The summed E-state index contributed by atoms with van der Waals surface area (Å²) in [6.07, 6.45) is 3.43. The molecule has 0 aliphatic carbocycles. The molecule has 1 N–H and O–H groups in total. The van der Waals surface area contributed by atoms with Crippen molar-refractivity contribution in [3.63, 3.8) is 0 Å². The average Bonchev–Trinajstić information content (AvgIpc) is 3.04. The van der Waals surface area contributed by atoms with Crippen LogP contribution in [0.15, 0.2) is 59.7 Å². The molecule has 0 bridgehead atoms. The monoisotopic (exact) mass is 378 g/mol. The highest BCUT2D eigenvalue weighted by Gasteiger charge is 2.26. The molecule has 136 valence electrons. The number of benzene rings is 1. The van der Waals surface area contributed by atoms with Gasteiger partial charge in [0.1, 0.15) is 5.65 Å². The zero-order valence-corrected chi connectivity index (χ0v) is 16.1. The van der Waals surface area contributed by atoms with Crippen LogP contribution in [0.5, 0.6) is 0 Å². The summed E-state index contributed by atoms with van der Waals surface area (Å²) >= 11 is 6.07. The lowest BCUT2D eigenvalue weighted by molar-refractivity contribution is 0.563. The number of aromatic nitrogens is 4. The van der Waals surface area contributed by atoms with E-state index < -0.39 is 0 Å². The molecule has 3 aromatic heterocycles. The summed E-state index contributed by atoms with van der Waals surface area (Å²) in [6.45, 7) is 6.25. The highest BCUT2D eigenvalue weighted by Crippen LogP contribution is 2.35. The standard InChI is InChI=1S/C21H19ClN4O/c1-21(2,3)19-18(13-6-8-15(22)9-7-13)20-24-16(11-17(27)26(20)25-19)14-5-4-10-23-12-14/h4-12,24H,1-3H3. The zero-order valence-electron chi connectivity index (χ0n) is 15.3. The largest absolute Gasteiger partial charge is 0.339 e. The lowest BCUT2D eigenvalue weighted by Gasteiger charge is -2.17. The second kappa shape index (κ2) is 6.35. The Labute approximate surface area is 161 Å². The number of rotatable bonds is 2. The van der Waals surface area contributed by atoms with Crippen molar-refractivity contribution in [2.75, 3.05) is 0 Å². The Morgan fingerprint density at radius 1 is 1.07 bits per heavy atom. The molecule has 1 aromatic carbocycles. The molecule has 0 amide bonds. The van der Waals surface area contributed by atoms with Gasteiger partial charge < -0.3 is 4.98 Å². The second-order valence-electron chi connectivity index (χ2n) is 7.50. The molecule has 0 unspecified atom stereocenters. The lowest BCUT2D eigenvalue weighted by atomic mass is 9.87. The van der Waals surface area contributed by atoms with Crippen molar-refractivity contribution in [2.24, 2.45) is 0 Å². The van der Waals surface area contributed by atoms with Crippen LogP contribution in [0, 0.1) is 0 Å². The van der Waals surface area contributed by atoms with Crippen molar-refractivity contribution in [3.8, 4) is 22.4 Å². The summed E-state index contributed by atoms with van der Waals surface area (Å²) in [5.41, 5.74) is 4.49. The molecule has 0 aliphatic heterocycles. The smallest absolute Gasteiger partial charge is 0.274 e. The molecule has 0 atom stereocenters. The van der Waals surface area contributed by atoms with Gasteiger partial charge in [0.2, 0.25) is 0 Å². The lowest BCUT2D eigenvalue weighted by Crippen LogP contribution is -2.17. The number of aromatic amines is 1. The minimum Gasteiger partial charge on any atom is -0.339 e. The number of hydrogen-bond donors (Lipinski definition) is 1. The molecule has 0 aliphatic rings. The zero-order chi connectivity index (χ0) is 19.2. The third-order valence-corrected chi connectivity index (χ3v) is 4.68. The van der Waals surface area contributed by atoms with Gasteiger partial charge in [-0.1, -0.05) is 44.5 Å². The molecule has 4 rings (SSSR count). The topological polar surface area (TPSA) is 63.1 Å². The van der Waals surface area contributed by atoms with E-state index in [-0.39, 0.29) is 11.0 Å². The van der Waals surface area contributed by atoms with Crippen LogP contribution in [0.4, 0.5) is 0 Å². The fraction of sp³-hybridized carbons (Fsp3) is 0.190. The third kappa shape index (κ3) is 3.15. The number of fused-ring (bicyclic) bond motifs is 1. The molecule has 6 heteroatoms. The first kappa shape index (κ1) is 17.5. The van der Waals surface area contributed by atoms with Gasteiger partial charge in [0, 0.05) is 40.0 Å². The van der Waals surface area contributed by atoms with E-state index in [0.717, 1.165) is 22.4 Å². The number of pyridine rings is 1. The van der Waals surface area contributed by atoms with Crippen molar-refractivity contribution in [2.45, 2.75) is 26.2 Å². The third-order valence-electron chi connectivity index (χ3n) is 4.43. The molecular weight excluding hydrogens is 360 g/mol. The molecule has 27 heavy (non-hydrogen) atoms. The van der Waals surface area contributed by atoms with Crippen LogP contribution in [-0.4, -0.2) is 19.6 Å². The molecule has 4 aromatic rings. The van der Waals surface area contributed by atoms with Crippen molar-refractivity contribution >= 4 is 17.2 Å². The van der Waals surface area contributed by atoms with Crippen LogP contribution in [0.25, 0.3) is 28.0 Å². The van der Waals surface area contributed by atoms with Crippen molar-refractivity contribution < 1.29 is 0 Å². The van der Waals surface area contributed by atoms with E-state index in [0.29, 0.717) is 16.4 Å². The normalized spacial score (nSPS) is 11.9. The SMILES string of the molecule is CC(C)(C)c1nn2c(=O)cc(-c3cccnc3)[nH]c2c1-c1ccc(Cl)cc1. The Balaban J connectivity index is 2.07. The van der Waals surface area contributed by atoms with E-state index in [1.54, 1.807) is 18.5 Å². The molecular formula is C21H19ClN4O. The van der Waals surface area contributed by atoms with Gasteiger partial charge in [-0.2, -0.15) is 9.61 Å². The molecule has 0 spiro atoms. The molecule has 0 fully saturated rings. The summed E-state index contributed by atoms with van der Waals surface area (Å²) in [5, 5.41) is 5.31. The van der Waals surface area contributed by atoms with E-state index in [4.69, 9.17) is 11.6 Å². The Hall–Kier alpha value is -2.92. The van der Waals surface area contributed by atoms with E-state index >= 15 is 0 Å². The van der Waals surface area contributed by atoms with Gasteiger partial charge in [-0.05, 0) is 29.8 Å². The Bertz CT molecular complexity index is 1170. The van der Waals surface area contributed by atoms with E-state index in [9.17, 15) is 4.79 Å². The summed E-state index contributed by atoms with van der Waals surface area (Å²) in [5.74, 6) is 0. The van der Waals surface area contributed by atoms with Gasteiger partial charge in [0.05, 0.1) is 11.4 Å². The first-order chi connectivity index (χ1) is 12.8. The van der Waals surface area contributed by atoms with Crippen LogP contribution in [0.3, 0.4) is 0 Å². The molecule has 0 saturated carbocycles. The summed E-state index contributed by atoms with van der Waals surface area (Å²) < 4.78 is 1.43. The van der Waals surface area contributed by atoms with E-state index in [1.807, 2.05) is 36.4 Å². The van der Waals surface area contributed by atoms with E-state index in [2.05, 4.69) is 35.8 Å². The molecule has 5 nitrogen and oxygen atoms in total. The second-order valence-corrected chi connectivity index (χ2v) is 7.94. The predicted molar refractivity (Wildman–Crippen MR) is 108 cm³/mol. The maximum absolute atomic E-state index is 12.8. The number of hydrogen-bond acceptors (Lipinski definition) is 3. The Morgan fingerprint density at radius 2 is 1.81 bits per heavy atom. The average molecular weight is 379 g/mol. The van der Waals surface area contributed by atoms with Crippen LogP contribution < -0.4 is 5.56 Å². The number of H-pyrrole nitrogens is 1. The van der Waals surface area contributed by atoms with Crippen molar-refractivity contribution in [1.82, 2.24) is 19.6 Å². The maximum Gasteiger partial charge on any atom is 0.274 e. The van der Waals surface area contributed by atoms with Gasteiger partial charge in [0.25, 0.3) is 5.56 Å². The predicted octanol–water partition coefficient (Wildman–Crippen LogP) is 4.70. The summed E-state index contributed by atoms with van der Waals surface area (Å²) in [6, 6.07) is 12.9. The maximum atomic E-state index is 12.8. The molecule has 3 heterocycles. The van der Waals surface area contributed by atoms with Crippen LogP contribution >= 0.6 is 11.6 Å². The number of halogens is 1. The quantitative estimate of drug-likeness (QED) is 0.549. The molecule has 0 radical (unpaired) electrons. The minimum absolute atomic E-state index is 0.187. The summed E-state index contributed by atoms with van der Waals surface area (Å²) in [7, 11) is 0. The summed E-state index contributed by atoms with van der Waals surface area (Å²) in [4.78, 5) is 20.3. The number of nitrogens with one attached hydrogen (secondary N) is 1. The van der Waals surface area contributed by atoms with Gasteiger partial charge in [-0.3, -0.25) is 9.78 Å². The fourth-order valence-corrected chi connectivity index (χ4v) is 3.26. The van der Waals surface area contributed by atoms with Crippen LogP contribution in [-0.2, 0) is 5.41 Å².